The predicted octanol–water partition coefficient (Wildman–Crippen LogP) is 0.0132. The van der Waals surface area contributed by atoms with E-state index in [0.717, 1.165) is 30.2 Å². The summed E-state index contributed by atoms with van der Waals surface area (Å²) >= 11 is 0. The fourth-order valence-corrected chi connectivity index (χ4v) is 2.43. The fourth-order valence-electron chi connectivity index (χ4n) is 2.43. The largest absolute Gasteiger partial charge is 0.353 e. The van der Waals surface area contributed by atoms with Crippen molar-refractivity contribution < 1.29 is 9.59 Å². The van der Waals surface area contributed by atoms with Crippen molar-refractivity contribution in [1.29, 1.82) is 0 Å². The normalized spacial score (nSPS) is 14.6. The lowest BCUT2D eigenvalue weighted by atomic mass is 10.2. The molecule has 2 heterocycles. The van der Waals surface area contributed by atoms with Crippen LogP contribution in [0.1, 0.15) is 11.3 Å². The molecule has 1 saturated heterocycles. The summed E-state index contributed by atoms with van der Waals surface area (Å²) in [5.74, 6) is 0.876. The molecule has 3 amide bonds. The van der Waals surface area contributed by atoms with E-state index in [1.807, 2.05) is 13.8 Å². The molecule has 0 aromatic carbocycles. The van der Waals surface area contributed by atoms with E-state index in [2.05, 4.69) is 20.2 Å². The Bertz CT molecular complexity index is 581. The van der Waals surface area contributed by atoms with Gasteiger partial charge < -0.3 is 20.0 Å². The minimum absolute atomic E-state index is 0.0304. The Hall–Kier alpha value is -2.38. The number of hydrogen-bond acceptors (Lipinski definition) is 5. The van der Waals surface area contributed by atoms with E-state index >= 15 is 0 Å². The molecule has 8 heteroatoms. The summed E-state index contributed by atoms with van der Waals surface area (Å²) in [6, 6.07) is -0.260. The number of hydrogen-bond donors (Lipinski definition) is 1. The van der Waals surface area contributed by atoms with Gasteiger partial charge in [0.05, 0.1) is 6.54 Å². The van der Waals surface area contributed by atoms with E-state index in [1.165, 1.54) is 4.90 Å². The van der Waals surface area contributed by atoms with Crippen LogP contribution in [0.25, 0.3) is 0 Å². The van der Waals surface area contributed by atoms with Crippen molar-refractivity contribution in [3.8, 4) is 0 Å². The van der Waals surface area contributed by atoms with Gasteiger partial charge in [-0.15, -0.1) is 0 Å². The molecule has 0 unspecified atom stereocenters. The topological polar surface area (TPSA) is 81.7 Å². The maximum atomic E-state index is 12.1. The molecule has 1 aliphatic rings. The molecule has 2 rings (SSSR count). The van der Waals surface area contributed by atoms with Crippen molar-refractivity contribution in [2.45, 2.75) is 13.8 Å². The SMILES string of the molecule is Cc1ncnc(N2CCN(C(=O)CNC(=O)N(C)C)CC2)c1C. The molecule has 0 radical (unpaired) electrons. The molecule has 0 spiro atoms. The molecular weight excluding hydrogens is 296 g/mol. The van der Waals surface area contributed by atoms with Crippen LogP contribution in [-0.4, -0.2) is 78.5 Å². The predicted molar refractivity (Wildman–Crippen MR) is 87.4 cm³/mol. The van der Waals surface area contributed by atoms with Gasteiger partial charge in [-0.3, -0.25) is 4.79 Å². The molecular formula is C15H24N6O2. The van der Waals surface area contributed by atoms with Gasteiger partial charge in [0.25, 0.3) is 0 Å². The second-order valence-electron chi connectivity index (χ2n) is 5.83. The van der Waals surface area contributed by atoms with E-state index in [4.69, 9.17) is 0 Å². The molecule has 126 valence electrons. The Morgan fingerprint density at radius 2 is 1.83 bits per heavy atom. The van der Waals surface area contributed by atoms with Crippen LogP contribution in [0.4, 0.5) is 10.6 Å². The van der Waals surface area contributed by atoms with E-state index in [-0.39, 0.29) is 18.5 Å². The van der Waals surface area contributed by atoms with Crippen LogP contribution in [-0.2, 0) is 4.79 Å². The monoisotopic (exact) mass is 320 g/mol. The molecule has 0 saturated carbocycles. The van der Waals surface area contributed by atoms with Gasteiger partial charge in [0.2, 0.25) is 5.91 Å². The molecule has 8 nitrogen and oxygen atoms in total. The maximum Gasteiger partial charge on any atom is 0.317 e. The Kier molecular flexibility index (Phi) is 5.36. The first-order valence-corrected chi connectivity index (χ1v) is 7.66. The fraction of sp³-hybridized carbons (Fsp3) is 0.600. The number of nitrogens with one attached hydrogen (secondary N) is 1. The smallest absolute Gasteiger partial charge is 0.317 e. The Morgan fingerprint density at radius 3 is 2.43 bits per heavy atom. The zero-order valence-electron chi connectivity index (χ0n) is 14.2. The first-order valence-electron chi connectivity index (χ1n) is 7.66. The van der Waals surface area contributed by atoms with E-state index < -0.39 is 0 Å². The van der Waals surface area contributed by atoms with E-state index in [9.17, 15) is 9.59 Å². The standard InChI is InChI=1S/C15H24N6O2/c1-11-12(2)17-10-18-14(11)21-7-5-20(6-8-21)13(22)9-16-15(23)19(3)4/h10H,5-9H2,1-4H3,(H,16,23). The van der Waals surface area contributed by atoms with Crippen LogP contribution >= 0.6 is 0 Å². The number of urea groups is 1. The van der Waals surface area contributed by atoms with Gasteiger partial charge in [-0.05, 0) is 13.8 Å². The number of carbonyl (C=O) groups is 2. The average molecular weight is 320 g/mol. The summed E-state index contributed by atoms with van der Waals surface area (Å²) in [5, 5.41) is 2.60. The van der Waals surface area contributed by atoms with Gasteiger partial charge >= 0.3 is 6.03 Å². The first kappa shape index (κ1) is 17.0. The summed E-state index contributed by atoms with van der Waals surface area (Å²) < 4.78 is 0. The van der Waals surface area contributed by atoms with Crippen molar-refractivity contribution in [3.05, 3.63) is 17.6 Å². The zero-order chi connectivity index (χ0) is 17.0. The Morgan fingerprint density at radius 1 is 1.17 bits per heavy atom. The summed E-state index contributed by atoms with van der Waals surface area (Å²) in [5.41, 5.74) is 2.05. The van der Waals surface area contributed by atoms with Crippen LogP contribution in [0.2, 0.25) is 0 Å². The quantitative estimate of drug-likeness (QED) is 0.849. The molecule has 1 aromatic heterocycles. The van der Waals surface area contributed by atoms with E-state index in [0.29, 0.717) is 13.1 Å². The molecule has 0 atom stereocenters. The van der Waals surface area contributed by atoms with Crippen LogP contribution in [0.15, 0.2) is 6.33 Å². The molecule has 0 aliphatic carbocycles. The first-order chi connectivity index (χ1) is 10.9. The maximum absolute atomic E-state index is 12.1. The summed E-state index contributed by atoms with van der Waals surface area (Å²) in [7, 11) is 3.29. The lowest BCUT2D eigenvalue weighted by Crippen LogP contribution is -2.52. The van der Waals surface area contributed by atoms with Crippen molar-refractivity contribution in [2.24, 2.45) is 0 Å². The second-order valence-corrected chi connectivity index (χ2v) is 5.83. The van der Waals surface area contributed by atoms with Gasteiger partial charge in [0.15, 0.2) is 0 Å². The van der Waals surface area contributed by atoms with Gasteiger partial charge in [-0.1, -0.05) is 0 Å². The second kappa shape index (κ2) is 7.26. The number of rotatable bonds is 3. The minimum atomic E-state index is -0.260. The van der Waals surface area contributed by atoms with Gasteiger partial charge in [-0.25, -0.2) is 14.8 Å². The Labute approximate surface area is 136 Å². The number of anilines is 1. The average Bonchev–Trinajstić information content (AvgIpc) is 2.55. The number of aryl methyl sites for hydroxylation is 1. The van der Waals surface area contributed by atoms with Crippen molar-refractivity contribution in [1.82, 2.24) is 25.1 Å². The zero-order valence-corrected chi connectivity index (χ0v) is 14.2. The molecule has 1 aliphatic heterocycles. The molecule has 23 heavy (non-hydrogen) atoms. The highest BCUT2D eigenvalue weighted by Gasteiger charge is 2.23. The lowest BCUT2D eigenvalue weighted by molar-refractivity contribution is -0.130. The summed E-state index contributed by atoms with van der Waals surface area (Å²) in [6.07, 6.45) is 1.58. The third-order valence-electron chi connectivity index (χ3n) is 4.04. The van der Waals surface area contributed by atoms with Crippen molar-refractivity contribution in [3.63, 3.8) is 0 Å². The van der Waals surface area contributed by atoms with E-state index in [1.54, 1.807) is 25.3 Å². The third kappa shape index (κ3) is 4.08. The van der Waals surface area contributed by atoms with Crippen molar-refractivity contribution >= 4 is 17.8 Å². The highest BCUT2D eigenvalue weighted by Crippen LogP contribution is 2.19. The summed E-state index contributed by atoms with van der Waals surface area (Å²) in [6.45, 7) is 6.71. The van der Waals surface area contributed by atoms with Crippen LogP contribution in [0, 0.1) is 13.8 Å². The number of aromatic nitrogens is 2. The molecule has 1 fully saturated rings. The number of carbonyl (C=O) groups excluding carboxylic acids is 2. The number of nitrogens with zero attached hydrogens (tertiary/aromatic N) is 5. The van der Waals surface area contributed by atoms with Crippen molar-refractivity contribution in [2.75, 3.05) is 51.7 Å². The van der Waals surface area contributed by atoms with Gasteiger partial charge in [-0.2, -0.15) is 0 Å². The van der Waals surface area contributed by atoms with Gasteiger partial charge in [0, 0.05) is 51.5 Å². The van der Waals surface area contributed by atoms with Crippen LogP contribution in [0.5, 0.6) is 0 Å². The van der Waals surface area contributed by atoms with Gasteiger partial charge in [0.1, 0.15) is 12.1 Å². The molecule has 1 N–H and O–H groups in total. The van der Waals surface area contributed by atoms with Crippen LogP contribution in [0.3, 0.4) is 0 Å². The summed E-state index contributed by atoms with van der Waals surface area (Å²) in [4.78, 5) is 37.5. The Balaban J connectivity index is 1.87. The molecule has 1 aromatic rings. The highest BCUT2D eigenvalue weighted by atomic mass is 16.2. The number of amides is 3. The molecule has 0 bridgehead atoms. The minimum Gasteiger partial charge on any atom is -0.353 e. The van der Waals surface area contributed by atoms with Crippen LogP contribution < -0.4 is 10.2 Å². The number of piperazine rings is 1. The third-order valence-corrected chi connectivity index (χ3v) is 4.04. The highest BCUT2D eigenvalue weighted by molar-refractivity contribution is 5.84. The lowest BCUT2D eigenvalue weighted by Gasteiger charge is -2.36.